The normalized spacial score (nSPS) is 12.6. The van der Waals surface area contributed by atoms with Gasteiger partial charge in [-0.3, -0.25) is 4.79 Å². The van der Waals surface area contributed by atoms with Gasteiger partial charge in [-0.05, 0) is 37.1 Å². The summed E-state index contributed by atoms with van der Waals surface area (Å²) in [4.78, 5) is 14.6. The van der Waals surface area contributed by atoms with Crippen LogP contribution in [0.5, 0.6) is 11.5 Å². The van der Waals surface area contributed by atoms with Crippen LogP contribution < -0.4 is 14.8 Å². The summed E-state index contributed by atoms with van der Waals surface area (Å²) in [6.07, 6.45) is 1.48. The average Bonchev–Trinajstić information content (AvgIpc) is 3.17. The predicted molar refractivity (Wildman–Crippen MR) is 105 cm³/mol. The van der Waals surface area contributed by atoms with Crippen molar-refractivity contribution >= 4 is 5.91 Å². The summed E-state index contributed by atoms with van der Waals surface area (Å²) in [6, 6.07) is 17.4. The molecule has 0 saturated heterocycles. The molecule has 0 fully saturated rings. The van der Waals surface area contributed by atoms with Crippen LogP contribution in [-0.2, 0) is 17.9 Å². The van der Waals surface area contributed by atoms with Gasteiger partial charge in [0.2, 0.25) is 6.79 Å². The molecule has 0 aliphatic carbocycles. The van der Waals surface area contributed by atoms with Gasteiger partial charge in [0, 0.05) is 25.3 Å². The van der Waals surface area contributed by atoms with Crippen molar-refractivity contribution in [3.63, 3.8) is 0 Å². The van der Waals surface area contributed by atoms with E-state index in [2.05, 4.69) is 5.32 Å². The summed E-state index contributed by atoms with van der Waals surface area (Å²) in [5, 5.41) is 12.5. The lowest BCUT2D eigenvalue weighted by atomic mass is 10.1. The highest BCUT2D eigenvalue weighted by molar-refractivity contribution is 5.97. The minimum atomic E-state index is -0.292. The Balaban J connectivity index is 1.66. The third kappa shape index (κ3) is 4.63. The fourth-order valence-corrected chi connectivity index (χ4v) is 2.89. The van der Waals surface area contributed by atoms with E-state index in [4.69, 9.17) is 9.47 Å². The second-order valence-electron chi connectivity index (χ2n) is 6.75. The predicted octanol–water partition coefficient (Wildman–Crippen LogP) is 3.35. The van der Waals surface area contributed by atoms with Crippen molar-refractivity contribution in [1.82, 2.24) is 10.2 Å². The van der Waals surface area contributed by atoms with E-state index in [1.54, 1.807) is 4.90 Å². The van der Waals surface area contributed by atoms with Crippen LogP contribution >= 0.6 is 0 Å². The van der Waals surface area contributed by atoms with Crippen molar-refractivity contribution in [2.24, 2.45) is 0 Å². The Bertz CT molecular complexity index is 901. The zero-order valence-corrected chi connectivity index (χ0v) is 16.0. The molecule has 6 heteroatoms. The number of benzene rings is 2. The number of rotatable bonds is 7. The average molecular weight is 377 g/mol. The monoisotopic (exact) mass is 377 g/mol. The highest BCUT2D eigenvalue weighted by Gasteiger charge is 2.21. The Morgan fingerprint density at radius 3 is 2.64 bits per heavy atom. The minimum Gasteiger partial charge on any atom is -0.454 e. The molecule has 1 heterocycles. The van der Waals surface area contributed by atoms with Gasteiger partial charge in [0.25, 0.3) is 5.91 Å². The van der Waals surface area contributed by atoms with E-state index < -0.39 is 0 Å². The molecule has 0 atom stereocenters. The van der Waals surface area contributed by atoms with Gasteiger partial charge in [-0.15, -0.1) is 0 Å². The molecular weight excluding hydrogens is 354 g/mol. The molecule has 1 N–H and O–H groups in total. The van der Waals surface area contributed by atoms with E-state index in [1.165, 1.54) is 6.20 Å². The van der Waals surface area contributed by atoms with Crippen molar-refractivity contribution in [3.8, 4) is 17.6 Å². The maximum absolute atomic E-state index is 12.9. The fraction of sp³-hybridized carbons (Fsp3) is 0.273. The molecule has 28 heavy (non-hydrogen) atoms. The number of fused-ring (bicyclic) bond motifs is 1. The molecule has 1 aliphatic heterocycles. The minimum absolute atomic E-state index is 0.0293. The maximum atomic E-state index is 12.9. The Kier molecular flexibility index (Phi) is 6.18. The van der Waals surface area contributed by atoms with E-state index in [0.29, 0.717) is 18.8 Å². The van der Waals surface area contributed by atoms with Crippen LogP contribution in [0, 0.1) is 11.3 Å². The summed E-state index contributed by atoms with van der Waals surface area (Å²) in [5.41, 5.74) is 2.07. The molecule has 0 aromatic heterocycles. The second-order valence-corrected chi connectivity index (χ2v) is 6.75. The molecule has 6 nitrogen and oxygen atoms in total. The van der Waals surface area contributed by atoms with E-state index in [1.807, 2.05) is 68.4 Å². The number of hydrogen-bond acceptors (Lipinski definition) is 5. The second kappa shape index (κ2) is 8.96. The Hall–Kier alpha value is -3.46. The van der Waals surface area contributed by atoms with E-state index >= 15 is 0 Å². The fourth-order valence-electron chi connectivity index (χ4n) is 2.89. The molecule has 1 amide bonds. The molecule has 1 aliphatic rings. The van der Waals surface area contributed by atoms with Gasteiger partial charge in [-0.25, -0.2) is 0 Å². The first-order valence-corrected chi connectivity index (χ1v) is 9.15. The van der Waals surface area contributed by atoms with Gasteiger partial charge >= 0.3 is 0 Å². The van der Waals surface area contributed by atoms with Gasteiger partial charge in [-0.2, -0.15) is 5.26 Å². The smallest absolute Gasteiger partial charge is 0.266 e. The molecule has 2 aromatic carbocycles. The molecule has 144 valence electrons. The lowest BCUT2D eigenvalue weighted by Crippen LogP contribution is -2.37. The largest absolute Gasteiger partial charge is 0.454 e. The summed E-state index contributed by atoms with van der Waals surface area (Å²) >= 11 is 0. The number of carbonyl (C=O) groups excluding carboxylic acids is 1. The molecule has 3 rings (SSSR count). The van der Waals surface area contributed by atoms with Crippen LogP contribution in [0.1, 0.15) is 25.0 Å². The van der Waals surface area contributed by atoms with Crippen LogP contribution in [-0.4, -0.2) is 23.6 Å². The lowest BCUT2D eigenvalue weighted by molar-refractivity contribution is -0.129. The quantitative estimate of drug-likeness (QED) is 0.592. The first-order valence-electron chi connectivity index (χ1n) is 9.15. The number of hydrogen-bond donors (Lipinski definition) is 1. The molecule has 0 spiro atoms. The van der Waals surface area contributed by atoms with Crippen molar-refractivity contribution in [2.45, 2.75) is 33.0 Å². The van der Waals surface area contributed by atoms with Crippen molar-refractivity contribution in [1.29, 1.82) is 5.26 Å². The van der Waals surface area contributed by atoms with Crippen molar-refractivity contribution < 1.29 is 14.3 Å². The van der Waals surface area contributed by atoms with Crippen LogP contribution in [0.3, 0.4) is 0 Å². The highest BCUT2D eigenvalue weighted by Crippen LogP contribution is 2.32. The van der Waals surface area contributed by atoms with Crippen LogP contribution in [0.2, 0.25) is 0 Å². The summed E-state index contributed by atoms with van der Waals surface area (Å²) in [6.45, 7) is 5.03. The van der Waals surface area contributed by atoms with Crippen molar-refractivity contribution in [3.05, 3.63) is 71.4 Å². The molecule has 0 radical (unpaired) electrons. The molecular formula is C22H23N3O3. The first kappa shape index (κ1) is 19.3. The number of carbonyl (C=O) groups is 1. The third-order valence-electron chi connectivity index (χ3n) is 4.42. The highest BCUT2D eigenvalue weighted by atomic mass is 16.7. The van der Waals surface area contributed by atoms with Crippen molar-refractivity contribution in [2.75, 3.05) is 6.79 Å². The maximum Gasteiger partial charge on any atom is 0.266 e. The van der Waals surface area contributed by atoms with Gasteiger partial charge in [0.05, 0.1) is 0 Å². The third-order valence-corrected chi connectivity index (χ3v) is 4.42. The van der Waals surface area contributed by atoms with Crippen LogP contribution in [0.15, 0.2) is 60.3 Å². The molecule has 0 saturated carbocycles. The number of nitriles is 1. The summed E-state index contributed by atoms with van der Waals surface area (Å²) in [7, 11) is 0. The first-order chi connectivity index (χ1) is 13.6. The SMILES string of the molecule is CC(C)N(Cc1ccccc1)C(=O)/C(C#N)=C\NCc1ccc2c(c1)OCO2. The Morgan fingerprint density at radius 2 is 1.93 bits per heavy atom. The molecule has 0 bridgehead atoms. The van der Waals surface area contributed by atoms with Gasteiger partial charge in [0.15, 0.2) is 11.5 Å². The number of amides is 1. The topological polar surface area (TPSA) is 74.6 Å². The molecule has 2 aromatic rings. The lowest BCUT2D eigenvalue weighted by Gasteiger charge is -2.26. The zero-order chi connectivity index (χ0) is 19.9. The summed E-state index contributed by atoms with van der Waals surface area (Å²) in [5.74, 6) is 1.13. The van der Waals surface area contributed by atoms with Gasteiger partial charge in [0.1, 0.15) is 11.6 Å². The standard InChI is InChI=1S/C22H23N3O3/c1-16(2)25(14-17-6-4-3-5-7-17)22(26)19(11-23)13-24-12-18-8-9-20-21(10-18)28-15-27-20/h3-10,13,16,24H,12,14-15H2,1-2H3/b19-13-. The summed E-state index contributed by atoms with van der Waals surface area (Å²) < 4.78 is 10.7. The van der Waals surface area contributed by atoms with Gasteiger partial charge < -0.3 is 19.7 Å². The number of nitrogens with zero attached hydrogens (tertiary/aromatic N) is 2. The zero-order valence-electron chi connectivity index (χ0n) is 16.0. The van der Waals surface area contributed by atoms with Crippen LogP contribution in [0.25, 0.3) is 0 Å². The van der Waals surface area contributed by atoms with Gasteiger partial charge in [-0.1, -0.05) is 36.4 Å². The number of ether oxygens (including phenoxy) is 2. The van der Waals surface area contributed by atoms with Crippen LogP contribution in [0.4, 0.5) is 0 Å². The van der Waals surface area contributed by atoms with E-state index in [0.717, 1.165) is 16.9 Å². The van der Waals surface area contributed by atoms with E-state index in [-0.39, 0.29) is 24.3 Å². The Morgan fingerprint density at radius 1 is 1.18 bits per heavy atom. The Labute approximate surface area is 165 Å². The number of nitrogens with one attached hydrogen (secondary N) is 1. The molecule has 0 unspecified atom stereocenters. The van der Waals surface area contributed by atoms with E-state index in [9.17, 15) is 10.1 Å².